The molecule has 1 saturated heterocycles. The van der Waals surface area contributed by atoms with Gasteiger partial charge in [0.2, 0.25) is 0 Å². The maximum absolute atomic E-state index is 6.20. The highest BCUT2D eigenvalue weighted by Crippen LogP contribution is 2.33. The maximum atomic E-state index is 6.20. The molecule has 30 heavy (non-hydrogen) atoms. The molecule has 0 unspecified atom stereocenters. The Balaban J connectivity index is 1.65. The van der Waals surface area contributed by atoms with Gasteiger partial charge in [-0.1, -0.05) is 13.0 Å². The van der Waals surface area contributed by atoms with Crippen LogP contribution in [0.3, 0.4) is 0 Å². The van der Waals surface area contributed by atoms with Crippen molar-refractivity contribution < 1.29 is 4.74 Å². The second kappa shape index (κ2) is 7.99. The average Bonchev–Trinajstić information content (AvgIpc) is 3.14. The molecule has 5 rings (SSSR count). The molecule has 0 bridgehead atoms. The SMILES string of the molecule is CCc1nc2c(N)ncc(-c3ccc4c(ccn4I)c3)c2nc1NC1CCOCC1. The maximum Gasteiger partial charge on any atom is 0.151 e. The van der Waals surface area contributed by atoms with Crippen molar-refractivity contribution in [2.24, 2.45) is 0 Å². The number of anilines is 2. The van der Waals surface area contributed by atoms with Gasteiger partial charge >= 0.3 is 0 Å². The van der Waals surface area contributed by atoms with Gasteiger partial charge < -0.3 is 15.8 Å². The molecule has 3 aromatic heterocycles. The molecule has 0 aliphatic carbocycles. The van der Waals surface area contributed by atoms with Crippen molar-refractivity contribution in [1.82, 2.24) is 17.7 Å². The van der Waals surface area contributed by atoms with E-state index < -0.39 is 0 Å². The Labute approximate surface area is 188 Å². The summed E-state index contributed by atoms with van der Waals surface area (Å²) in [5.41, 5.74) is 11.7. The molecule has 0 saturated carbocycles. The van der Waals surface area contributed by atoms with Crippen LogP contribution in [0.4, 0.5) is 11.6 Å². The van der Waals surface area contributed by atoms with E-state index in [9.17, 15) is 0 Å². The molecule has 0 radical (unpaired) electrons. The van der Waals surface area contributed by atoms with E-state index in [0.717, 1.165) is 60.6 Å². The van der Waals surface area contributed by atoms with Crippen molar-refractivity contribution in [1.29, 1.82) is 0 Å². The smallest absolute Gasteiger partial charge is 0.151 e. The Kier molecular flexibility index (Phi) is 5.20. The minimum absolute atomic E-state index is 0.346. The van der Waals surface area contributed by atoms with Crippen LogP contribution in [-0.2, 0) is 11.2 Å². The van der Waals surface area contributed by atoms with Gasteiger partial charge in [-0.25, -0.2) is 15.0 Å². The molecule has 4 heterocycles. The Morgan fingerprint density at radius 3 is 2.83 bits per heavy atom. The molecule has 1 aliphatic heterocycles. The van der Waals surface area contributed by atoms with Crippen molar-refractivity contribution >= 4 is 56.4 Å². The second-order valence-corrected chi connectivity index (χ2v) is 8.60. The van der Waals surface area contributed by atoms with E-state index in [1.807, 2.05) is 0 Å². The molecule has 8 heteroatoms. The normalized spacial score (nSPS) is 15.1. The standard InChI is InChI=1S/C22H23IN6O/c1-2-17-22(26-15-6-9-30-10-7-15)28-19-16(12-25-21(24)20(19)27-17)13-3-4-18-14(11-13)5-8-29(18)23/h3-5,8,11-12,15H,2,6-7,9-10H2,1H3,(H2,24,25)(H,26,28). The summed E-state index contributed by atoms with van der Waals surface area (Å²) in [7, 11) is 0. The molecule has 154 valence electrons. The lowest BCUT2D eigenvalue weighted by Gasteiger charge is -2.24. The van der Waals surface area contributed by atoms with Crippen LogP contribution >= 0.6 is 22.9 Å². The topological polar surface area (TPSA) is 90.9 Å². The van der Waals surface area contributed by atoms with Gasteiger partial charge in [-0.3, -0.25) is 2.78 Å². The number of fused-ring (bicyclic) bond motifs is 2. The predicted octanol–water partition coefficient (Wildman–Crippen LogP) is 4.58. The molecule has 7 nitrogen and oxygen atoms in total. The average molecular weight is 514 g/mol. The van der Waals surface area contributed by atoms with Crippen LogP contribution in [0.1, 0.15) is 25.5 Å². The lowest BCUT2D eigenvalue weighted by molar-refractivity contribution is 0.0903. The fourth-order valence-corrected chi connectivity index (χ4v) is 4.58. The summed E-state index contributed by atoms with van der Waals surface area (Å²) in [6, 6.07) is 8.84. The van der Waals surface area contributed by atoms with Crippen molar-refractivity contribution in [2.45, 2.75) is 32.2 Å². The van der Waals surface area contributed by atoms with Gasteiger partial charge in [0.1, 0.15) is 16.9 Å². The number of aryl methyl sites for hydroxylation is 1. The monoisotopic (exact) mass is 514 g/mol. The first-order valence-corrected chi connectivity index (χ1v) is 11.2. The zero-order chi connectivity index (χ0) is 20.7. The van der Waals surface area contributed by atoms with E-state index in [1.54, 1.807) is 6.20 Å². The minimum atomic E-state index is 0.346. The molecule has 1 fully saturated rings. The van der Waals surface area contributed by atoms with E-state index >= 15 is 0 Å². The summed E-state index contributed by atoms with van der Waals surface area (Å²) < 4.78 is 7.57. The van der Waals surface area contributed by atoms with Crippen LogP contribution in [0.5, 0.6) is 0 Å². The quantitative estimate of drug-likeness (QED) is 0.388. The molecule has 4 aromatic rings. The largest absolute Gasteiger partial charge is 0.382 e. The molecular formula is C22H23IN6O. The lowest BCUT2D eigenvalue weighted by Crippen LogP contribution is -2.29. The highest BCUT2D eigenvalue weighted by atomic mass is 127. The van der Waals surface area contributed by atoms with Crippen LogP contribution in [0.25, 0.3) is 33.1 Å². The molecule has 0 amide bonds. The number of nitrogen functional groups attached to an aromatic ring is 1. The van der Waals surface area contributed by atoms with Gasteiger partial charge in [0, 0.05) is 42.6 Å². The van der Waals surface area contributed by atoms with E-state index in [2.05, 4.69) is 73.3 Å². The van der Waals surface area contributed by atoms with Gasteiger partial charge in [-0.2, -0.15) is 0 Å². The predicted molar refractivity (Wildman–Crippen MR) is 129 cm³/mol. The van der Waals surface area contributed by atoms with Gasteiger partial charge in [-0.15, -0.1) is 0 Å². The van der Waals surface area contributed by atoms with Crippen LogP contribution in [0, 0.1) is 0 Å². The van der Waals surface area contributed by atoms with Crippen molar-refractivity contribution in [2.75, 3.05) is 24.3 Å². The zero-order valence-corrected chi connectivity index (χ0v) is 18.9. The molecule has 1 aromatic carbocycles. The lowest BCUT2D eigenvalue weighted by atomic mass is 10.0. The minimum Gasteiger partial charge on any atom is -0.382 e. The second-order valence-electron chi connectivity index (χ2n) is 7.56. The Hall–Kier alpha value is -2.46. The highest BCUT2D eigenvalue weighted by Gasteiger charge is 2.19. The number of nitrogens with zero attached hydrogens (tertiary/aromatic N) is 4. The molecule has 1 aliphatic rings. The number of nitrogens with two attached hydrogens (primary N) is 1. The number of pyridine rings is 1. The van der Waals surface area contributed by atoms with Gasteiger partial charge in [0.05, 0.1) is 34.1 Å². The van der Waals surface area contributed by atoms with E-state index in [0.29, 0.717) is 17.4 Å². The van der Waals surface area contributed by atoms with E-state index in [4.69, 9.17) is 20.4 Å². The van der Waals surface area contributed by atoms with Crippen molar-refractivity contribution in [3.05, 3.63) is 42.4 Å². The zero-order valence-electron chi connectivity index (χ0n) is 16.7. The number of benzene rings is 1. The van der Waals surface area contributed by atoms with Gasteiger partial charge in [-0.05, 0) is 43.0 Å². The number of rotatable bonds is 4. The van der Waals surface area contributed by atoms with Crippen LogP contribution < -0.4 is 11.1 Å². The van der Waals surface area contributed by atoms with Gasteiger partial charge in [0.25, 0.3) is 0 Å². The first-order chi connectivity index (χ1) is 14.6. The summed E-state index contributed by atoms with van der Waals surface area (Å²) in [6.45, 7) is 3.64. The molecule has 3 N–H and O–H groups in total. The summed E-state index contributed by atoms with van der Waals surface area (Å²) in [4.78, 5) is 14.3. The Bertz CT molecular complexity index is 1230. The fourth-order valence-electron chi connectivity index (χ4n) is 3.98. The Morgan fingerprint density at radius 2 is 2.03 bits per heavy atom. The van der Waals surface area contributed by atoms with Crippen LogP contribution in [0.2, 0.25) is 0 Å². The third-order valence-electron chi connectivity index (χ3n) is 5.65. The number of aromatic nitrogens is 4. The van der Waals surface area contributed by atoms with Crippen LogP contribution in [0.15, 0.2) is 36.7 Å². The first-order valence-electron chi connectivity index (χ1n) is 10.2. The number of nitrogens with one attached hydrogen (secondary N) is 1. The third kappa shape index (κ3) is 3.47. The molecule has 0 atom stereocenters. The molecule has 0 spiro atoms. The van der Waals surface area contributed by atoms with Crippen molar-refractivity contribution in [3.63, 3.8) is 0 Å². The van der Waals surface area contributed by atoms with E-state index in [-0.39, 0.29) is 0 Å². The summed E-state index contributed by atoms with van der Waals surface area (Å²) >= 11 is 2.28. The summed E-state index contributed by atoms with van der Waals surface area (Å²) in [6.07, 6.45) is 6.57. The number of ether oxygens (including phenoxy) is 1. The first kappa shape index (κ1) is 19.5. The fraction of sp³-hybridized carbons (Fsp3) is 0.318. The summed E-state index contributed by atoms with van der Waals surface area (Å²) in [5.74, 6) is 1.25. The van der Waals surface area contributed by atoms with E-state index in [1.165, 1.54) is 10.9 Å². The number of halogens is 1. The molecular weight excluding hydrogens is 491 g/mol. The van der Waals surface area contributed by atoms with Gasteiger partial charge in [0.15, 0.2) is 5.82 Å². The summed E-state index contributed by atoms with van der Waals surface area (Å²) in [5, 5.41) is 4.78. The van der Waals surface area contributed by atoms with Crippen molar-refractivity contribution in [3.8, 4) is 11.1 Å². The Morgan fingerprint density at radius 1 is 1.20 bits per heavy atom. The van der Waals surface area contributed by atoms with Crippen LogP contribution in [-0.4, -0.2) is 37.0 Å². The number of hydrogen-bond acceptors (Lipinski definition) is 6. The highest BCUT2D eigenvalue weighted by molar-refractivity contribution is 14.1. The number of hydrogen-bond donors (Lipinski definition) is 2. The third-order valence-corrected chi connectivity index (χ3v) is 6.49.